The van der Waals surface area contributed by atoms with Gasteiger partial charge in [-0.25, -0.2) is 0 Å². The molecule has 5 N–H and O–H groups in total. The van der Waals surface area contributed by atoms with Crippen molar-refractivity contribution in [3.05, 3.63) is 11.8 Å². The number of nitrogens with two attached hydrogens (primary N) is 2. The minimum atomic E-state index is -1.16. The molecule has 1 aromatic rings. The zero-order valence-electron chi connectivity index (χ0n) is 9.28. The first-order chi connectivity index (χ1) is 8.13. The first-order valence-electron chi connectivity index (χ1n) is 5.39. The summed E-state index contributed by atoms with van der Waals surface area (Å²) in [5, 5.41) is 22.4. The quantitative estimate of drug-likeness (QED) is 0.597. The molecule has 0 amide bonds. The molecule has 2 rings (SSSR count). The highest BCUT2D eigenvalue weighted by Crippen LogP contribution is 2.27. The molecular formula is C10H15N5O2. The number of aromatic nitrogens is 2. The van der Waals surface area contributed by atoms with Crippen LogP contribution in [0.15, 0.2) is 6.20 Å². The number of nitrogen functional groups attached to an aromatic ring is 1. The molecule has 0 spiro atoms. The smallest absolute Gasteiger partial charge is 0.152 e. The molecule has 0 saturated carbocycles. The molecule has 2 heterocycles. The van der Waals surface area contributed by atoms with Gasteiger partial charge in [0.1, 0.15) is 6.23 Å². The molecule has 0 aromatic carbocycles. The SMILES string of the molecule is N#C[C@H]1CCOC[C@@H]1n1cc(C(N)O)c(N)n1. The van der Waals surface area contributed by atoms with Crippen molar-refractivity contribution in [2.75, 3.05) is 18.9 Å². The lowest BCUT2D eigenvalue weighted by Crippen LogP contribution is -2.29. The first-order valence-corrected chi connectivity index (χ1v) is 5.39. The second-order valence-electron chi connectivity index (χ2n) is 4.06. The Hall–Kier alpha value is -1.62. The van der Waals surface area contributed by atoms with Crippen LogP contribution in [-0.4, -0.2) is 28.1 Å². The Morgan fingerprint density at radius 2 is 2.47 bits per heavy atom. The molecule has 1 aliphatic rings. The molecule has 1 aromatic heterocycles. The zero-order valence-corrected chi connectivity index (χ0v) is 9.28. The first kappa shape index (κ1) is 11.9. The molecule has 1 saturated heterocycles. The monoisotopic (exact) mass is 237 g/mol. The number of aliphatic hydroxyl groups excluding tert-OH is 1. The van der Waals surface area contributed by atoms with Crippen LogP contribution in [-0.2, 0) is 4.74 Å². The van der Waals surface area contributed by atoms with E-state index in [1.165, 1.54) is 0 Å². The fourth-order valence-electron chi connectivity index (χ4n) is 1.95. The molecular weight excluding hydrogens is 222 g/mol. The molecule has 92 valence electrons. The van der Waals surface area contributed by atoms with E-state index >= 15 is 0 Å². The van der Waals surface area contributed by atoms with Crippen LogP contribution in [0.4, 0.5) is 5.82 Å². The van der Waals surface area contributed by atoms with Gasteiger partial charge in [0.15, 0.2) is 5.82 Å². The third kappa shape index (κ3) is 2.24. The van der Waals surface area contributed by atoms with E-state index in [2.05, 4.69) is 11.2 Å². The number of ether oxygens (including phenoxy) is 1. The van der Waals surface area contributed by atoms with Crippen LogP contribution in [0, 0.1) is 17.2 Å². The van der Waals surface area contributed by atoms with Crippen LogP contribution in [0.3, 0.4) is 0 Å². The van der Waals surface area contributed by atoms with E-state index in [4.69, 9.17) is 21.5 Å². The van der Waals surface area contributed by atoms with Crippen LogP contribution in [0.2, 0.25) is 0 Å². The number of nitriles is 1. The van der Waals surface area contributed by atoms with Gasteiger partial charge in [0, 0.05) is 12.8 Å². The Morgan fingerprint density at radius 1 is 1.71 bits per heavy atom. The Bertz CT molecular complexity index is 436. The van der Waals surface area contributed by atoms with Crippen molar-refractivity contribution < 1.29 is 9.84 Å². The van der Waals surface area contributed by atoms with Gasteiger partial charge in [0.05, 0.1) is 30.2 Å². The number of hydrogen-bond acceptors (Lipinski definition) is 6. The number of nitrogens with zero attached hydrogens (tertiary/aromatic N) is 3. The summed E-state index contributed by atoms with van der Waals surface area (Å²) in [6, 6.07) is 2.06. The maximum absolute atomic E-state index is 9.29. The highest BCUT2D eigenvalue weighted by molar-refractivity contribution is 5.38. The lowest BCUT2D eigenvalue weighted by Gasteiger charge is -2.26. The van der Waals surface area contributed by atoms with E-state index in [-0.39, 0.29) is 17.8 Å². The van der Waals surface area contributed by atoms with Gasteiger partial charge >= 0.3 is 0 Å². The van der Waals surface area contributed by atoms with Gasteiger partial charge in [-0.05, 0) is 6.42 Å². The van der Waals surface area contributed by atoms with Crippen molar-refractivity contribution in [2.45, 2.75) is 18.7 Å². The van der Waals surface area contributed by atoms with Gasteiger partial charge in [-0.3, -0.25) is 4.68 Å². The summed E-state index contributed by atoms with van der Waals surface area (Å²) in [5.74, 6) is 0.0214. The Labute approximate surface area is 98.6 Å². The minimum Gasteiger partial charge on any atom is -0.382 e. The molecule has 3 atom stereocenters. The van der Waals surface area contributed by atoms with Gasteiger partial charge in [-0.2, -0.15) is 10.4 Å². The summed E-state index contributed by atoms with van der Waals surface area (Å²) in [6.45, 7) is 0.997. The summed E-state index contributed by atoms with van der Waals surface area (Å²) in [4.78, 5) is 0. The van der Waals surface area contributed by atoms with E-state index < -0.39 is 6.23 Å². The van der Waals surface area contributed by atoms with Crippen molar-refractivity contribution >= 4 is 5.82 Å². The van der Waals surface area contributed by atoms with Gasteiger partial charge in [0.2, 0.25) is 0 Å². The van der Waals surface area contributed by atoms with E-state index in [9.17, 15) is 5.11 Å². The Morgan fingerprint density at radius 3 is 3.06 bits per heavy atom. The molecule has 0 bridgehead atoms. The van der Waals surface area contributed by atoms with Crippen molar-refractivity contribution in [3.63, 3.8) is 0 Å². The molecule has 7 heteroatoms. The van der Waals surface area contributed by atoms with Crippen LogP contribution in [0.5, 0.6) is 0 Å². The van der Waals surface area contributed by atoms with Crippen molar-refractivity contribution in [2.24, 2.45) is 11.7 Å². The number of anilines is 1. The number of aliphatic hydroxyl groups is 1. The van der Waals surface area contributed by atoms with Crippen LogP contribution < -0.4 is 11.5 Å². The van der Waals surface area contributed by atoms with Gasteiger partial charge in [0.25, 0.3) is 0 Å². The fourth-order valence-corrected chi connectivity index (χ4v) is 1.95. The normalized spacial score (nSPS) is 26.4. The van der Waals surface area contributed by atoms with E-state index in [0.717, 1.165) is 0 Å². The highest BCUT2D eigenvalue weighted by Gasteiger charge is 2.29. The molecule has 0 radical (unpaired) electrons. The van der Waals surface area contributed by atoms with Crippen molar-refractivity contribution in [1.29, 1.82) is 5.26 Å². The lowest BCUT2D eigenvalue weighted by atomic mass is 9.97. The topological polar surface area (TPSA) is 123 Å². The average molecular weight is 237 g/mol. The van der Waals surface area contributed by atoms with Gasteiger partial charge < -0.3 is 21.3 Å². The zero-order chi connectivity index (χ0) is 12.4. The third-order valence-corrected chi connectivity index (χ3v) is 2.94. The summed E-state index contributed by atoms with van der Waals surface area (Å²) >= 11 is 0. The lowest BCUT2D eigenvalue weighted by molar-refractivity contribution is 0.0341. The van der Waals surface area contributed by atoms with Crippen LogP contribution in [0.1, 0.15) is 24.3 Å². The molecule has 1 fully saturated rings. The van der Waals surface area contributed by atoms with Crippen molar-refractivity contribution in [3.8, 4) is 6.07 Å². The molecule has 0 aliphatic carbocycles. The van der Waals surface area contributed by atoms with Crippen LogP contribution in [0.25, 0.3) is 0 Å². The van der Waals surface area contributed by atoms with Crippen LogP contribution >= 0.6 is 0 Å². The number of rotatable bonds is 2. The summed E-state index contributed by atoms with van der Waals surface area (Å²) in [5.41, 5.74) is 11.4. The second kappa shape index (κ2) is 4.71. The predicted octanol–water partition coefficient (Wildman–Crippen LogP) is -0.484. The second-order valence-corrected chi connectivity index (χ2v) is 4.06. The van der Waals surface area contributed by atoms with Gasteiger partial charge in [-0.15, -0.1) is 0 Å². The third-order valence-electron chi connectivity index (χ3n) is 2.94. The molecule has 7 nitrogen and oxygen atoms in total. The van der Waals surface area contributed by atoms with Crippen molar-refractivity contribution in [1.82, 2.24) is 9.78 Å². The van der Waals surface area contributed by atoms with Gasteiger partial charge in [-0.1, -0.05) is 0 Å². The average Bonchev–Trinajstić information content (AvgIpc) is 2.71. The minimum absolute atomic E-state index is 0.161. The number of hydrogen-bond donors (Lipinski definition) is 3. The maximum Gasteiger partial charge on any atom is 0.152 e. The molecule has 1 unspecified atom stereocenters. The largest absolute Gasteiger partial charge is 0.382 e. The summed E-state index contributed by atoms with van der Waals surface area (Å²) in [7, 11) is 0. The summed E-state index contributed by atoms with van der Waals surface area (Å²) < 4.78 is 6.89. The van der Waals surface area contributed by atoms with E-state index in [1.807, 2.05) is 0 Å². The summed E-state index contributed by atoms with van der Waals surface area (Å²) in [6.07, 6.45) is 1.08. The standard InChI is InChI=1S/C10H15N5O2/c11-3-6-1-2-17-5-8(6)15-4-7(10(13)16)9(12)14-15/h4,6,8,10,16H,1-2,5,13H2,(H2,12,14)/t6-,8+,10?/m1/s1. The fraction of sp³-hybridized carbons (Fsp3) is 0.600. The van der Waals surface area contributed by atoms with E-state index in [1.54, 1.807) is 10.9 Å². The highest BCUT2D eigenvalue weighted by atomic mass is 16.5. The Balaban J connectivity index is 2.27. The molecule has 17 heavy (non-hydrogen) atoms. The Kier molecular flexibility index (Phi) is 3.28. The molecule has 1 aliphatic heterocycles. The predicted molar refractivity (Wildman–Crippen MR) is 59.4 cm³/mol. The van der Waals surface area contributed by atoms with E-state index in [0.29, 0.717) is 25.2 Å². The maximum atomic E-state index is 9.29.